The zero-order chi connectivity index (χ0) is 14.5. The number of benzene rings is 1. The number of carbonyl (C=O) groups is 1. The molecule has 0 saturated carbocycles. The van der Waals surface area contributed by atoms with Crippen molar-refractivity contribution < 1.29 is 14.4 Å². The average Bonchev–Trinajstić information content (AvgIpc) is 2.29. The third-order valence-electron chi connectivity index (χ3n) is 2.05. The Hall–Kier alpha value is -0.980. The molecular formula is C14H20INO3. The molecule has 0 aromatic heterocycles. The molecule has 0 bridgehead atoms. The molecular weight excluding hydrogens is 357 g/mol. The second-order valence-electron chi connectivity index (χ2n) is 5.13. The summed E-state index contributed by atoms with van der Waals surface area (Å²) in [7, 11) is 0. The second kappa shape index (κ2) is 6.98. The van der Waals surface area contributed by atoms with E-state index >= 15 is 0 Å². The Morgan fingerprint density at radius 3 is 2.32 bits per heavy atom. The third kappa shape index (κ3) is 6.13. The Bertz CT molecular complexity index is 412. The normalized spacial score (nSPS) is 11.0. The van der Waals surface area contributed by atoms with Gasteiger partial charge in [0.1, 0.15) is 5.60 Å². The minimum absolute atomic E-state index is 0.465. The van der Waals surface area contributed by atoms with Crippen LogP contribution in [0.25, 0.3) is 0 Å². The maximum absolute atomic E-state index is 12.0. The van der Waals surface area contributed by atoms with E-state index in [0.717, 1.165) is 9.99 Å². The van der Waals surface area contributed by atoms with E-state index in [2.05, 4.69) is 22.6 Å². The number of halogens is 1. The SMILES string of the molecule is CCCN(Oc1ccc(I)cc1)C(=O)OC(C)(C)C. The van der Waals surface area contributed by atoms with Crippen molar-refractivity contribution in [3.63, 3.8) is 0 Å². The molecule has 0 saturated heterocycles. The molecule has 0 spiro atoms. The number of ether oxygens (including phenoxy) is 1. The molecule has 0 aliphatic rings. The van der Waals surface area contributed by atoms with Crippen LogP contribution in [0, 0.1) is 3.57 Å². The van der Waals surface area contributed by atoms with Crippen molar-refractivity contribution in [3.8, 4) is 5.75 Å². The van der Waals surface area contributed by atoms with Gasteiger partial charge in [-0.3, -0.25) is 0 Å². The van der Waals surface area contributed by atoms with Crippen molar-refractivity contribution >= 4 is 28.7 Å². The average molecular weight is 377 g/mol. The van der Waals surface area contributed by atoms with Crippen LogP contribution in [-0.4, -0.2) is 23.3 Å². The van der Waals surface area contributed by atoms with E-state index in [9.17, 15) is 4.79 Å². The summed E-state index contributed by atoms with van der Waals surface area (Å²) in [6, 6.07) is 7.51. The standard InChI is InChI=1S/C14H20INO3/c1-5-10-16(13(17)18-14(2,3)4)19-12-8-6-11(15)7-9-12/h6-9H,5,10H2,1-4H3. The van der Waals surface area contributed by atoms with Crippen LogP contribution < -0.4 is 4.84 Å². The number of hydrogen-bond acceptors (Lipinski definition) is 3. The summed E-state index contributed by atoms with van der Waals surface area (Å²) < 4.78 is 6.42. The maximum Gasteiger partial charge on any atom is 0.443 e. The summed E-state index contributed by atoms with van der Waals surface area (Å²) in [5, 5.41) is 1.26. The number of nitrogens with zero attached hydrogens (tertiary/aromatic N) is 1. The molecule has 0 atom stereocenters. The van der Waals surface area contributed by atoms with Crippen LogP contribution in [0.1, 0.15) is 34.1 Å². The molecule has 4 nitrogen and oxygen atoms in total. The van der Waals surface area contributed by atoms with Gasteiger partial charge in [0, 0.05) is 3.57 Å². The topological polar surface area (TPSA) is 38.8 Å². The van der Waals surface area contributed by atoms with E-state index in [0.29, 0.717) is 12.3 Å². The molecule has 0 unspecified atom stereocenters. The summed E-state index contributed by atoms with van der Waals surface area (Å²) >= 11 is 2.22. The molecule has 0 aliphatic carbocycles. The summed E-state index contributed by atoms with van der Waals surface area (Å²) in [4.78, 5) is 17.6. The van der Waals surface area contributed by atoms with Crippen LogP contribution in [-0.2, 0) is 4.74 Å². The highest BCUT2D eigenvalue weighted by atomic mass is 127. The number of carbonyl (C=O) groups excluding carboxylic acids is 1. The van der Waals surface area contributed by atoms with Crippen LogP contribution in [0.2, 0.25) is 0 Å². The van der Waals surface area contributed by atoms with Crippen molar-refractivity contribution in [2.75, 3.05) is 6.54 Å². The van der Waals surface area contributed by atoms with Gasteiger partial charge >= 0.3 is 6.09 Å². The molecule has 1 aromatic rings. The molecule has 0 N–H and O–H groups in total. The zero-order valence-corrected chi connectivity index (χ0v) is 13.9. The molecule has 106 valence electrons. The van der Waals surface area contributed by atoms with Gasteiger partial charge < -0.3 is 9.57 Å². The van der Waals surface area contributed by atoms with Gasteiger partial charge in [-0.2, -0.15) is 0 Å². The Kier molecular flexibility index (Phi) is 5.90. The number of rotatable bonds is 4. The first kappa shape index (κ1) is 16.1. The second-order valence-corrected chi connectivity index (χ2v) is 6.37. The molecule has 0 fully saturated rings. The Balaban J connectivity index is 2.72. The summed E-state index contributed by atoms with van der Waals surface area (Å²) in [6.45, 7) is 7.97. The van der Waals surface area contributed by atoms with E-state index in [1.807, 2.05) is 52.0 Å². The summed E-state index contributed by atoms with van der Waals surface area (Å²) in [5.74, 6) is 0.625. The lowest BCUT2D eigenvalue weighted by Gasteiger charge is -2.26. The molecule has 5 heteroatoms. The monoisotopic (exact) mass is 377 g/mol. The Labute approximate surface area is 128 Å². The van der Waals surface area contributed by atoms with Crippen molar-refractivity contribution in [1.82, 2.24) is 5.06 Å². The molecule has 0 heterocycles. The highest BCUT2D eigenvalue weighted by Gasteiger charge is 2.23. The van der Waals surface area contributed by atoms with E-state index in [1.165, 1.54) is 5.06 Å². The summed E-state index contributed by atoms with van der Waals surface area (Å²) in [6.07, 6.45) is 0.330. The van der Waals surface area contributed by atoms with Gasteiger partial charge in [0.05, 0.1) is 6.54 Å². The predicted octanol–water partition coefficient (Wildman–Crippen LogP) is 4.23. The number of hydrogen-bond donors (Lipinski definition) is 0. The fourth-order valence-electron chi connectivity index (χ4n) is 1.31. The van der Waals surface area contributed by atoms with Gasteiger partial charge in [0.2, 0.25) is 0 Å². The predicted molar refractivity (Wildman–Crippen MR) is 83.0 cm³/mol. The van der Waals surface area contributed by atoms with E-state index in [-0.39, 0.29) is 0 Å². The molecule has 1 rings (SSSR count). The van der Waals surface area contributed by atoms with Gasteiger partial charge in [-0.15, -0.1) is 5.06 Å². The quantitative estimate of drug-likeness (QED) is 0.582. The smallest absolute Gasteiger partial charge is 0.442 e. The van der Waals surface area contributed by atoms with Crippen molar-refractivity contribution in [2.45, 2.75) is 39.7 Å². The first-order valence-corrected chi connectivity index (χ1v) is 7.34. The maximum atomic E-state index is 12.0. The minimum atomic E-state index is -0.529. The summed E-state index contributed by atoms with van der Waals surface area (Å²) in [5.41, 5.74) is -0.529. The lowest BCUT2D eigenvalue weighted by atomic mass is 10.2. The Morgan fingerprint density at radius 2 is 1.84 bits per heavy atom. The molecule has 19 heavy (non-hydrogen) atoms. The van der Waals surface area contributed by atoms with Gasteiger partial charge in [0.25, 0.3) is 0 Å². The first-order valence-electron chi connectivity index (χ1n) is 6.26. The third-order valence-corrected chi connectivity index (χ3v) is 2.77. The highest BCUT2D eigenvalue weighted by molar-refractivity contribution is 14.1. The van der Waals surface area contributed by atoms with Crippen molar-refractivity contribution in [2.24, 2.45) is 0 Å². The highest BCUT2D eigenvalue weighted by Crippen LogP contribution is 2.17. The van der Waals surface area contributed by atoms with Crippen LogP contribution in [0.15, 0.2) is 24.3 Å². The van der Waals surface area contributed by atoms with Crippen LogP contribution in [0.4, 0.5) is 4.79 Å². The fourth-order valence-corrected chi connectivity index (χ4v) is 1.67. The van der Waals surface area contributed by atoms with E-state index in [1.54, 1.807) is 0 Å². The van der Waals surface area contributed by atoms with Crippen molar-refractivity contribution in [3.05, 3.63) is 27.8 Å². The molecule has 1 amide bonds. The van der Waals surface area contributed by atoms with Crippen molar-refractivity contribution in [1.29, 1.82) is 0 Å². The minimum Gasteiger partial charge on any atom is -0.442 e. The Morgan fingerprint density at radius 1 is 1.26 bits per heavy atom. The van der Waals surface area contributed by atoms with E-state index < -0.39 is 11.7 Å². The van der Waals surface area contributed by atoms with Crippen LogP contribution in [0.3, 0.4) is 0 Å². The zero-order valence-electron chi connectivity index (χ0n) is 11.8. The number of amides is 1. The molecule has 0 aliphatic heterocycles. The van der Waals surface area contributed by atoms with E-state index in [4.69, 9.17) is 9.57 Å². The van der Waals surface area contributed by atoms with Crippen LogP contribution in [0.5, 0.6) is 5.75 Å². The lowest BCUT2D eigenvalue weighted by Crippen LogP contribution is -2.39. The van der Waals surface area contributed by atoms with Gasteiger partial charge in [0.15, 0.2) is 5.75 Å². The van der Waals surface area contributed by atoms with Gasteiger partial charge in [-0.25, -0.2) is 4.79 Å². The largest absolute Gasteiger partial charge is 0.443 e. The van der Waals surface area contributed by atoms with Gasteiger partial charge in [-0.1, -0.05) is 6.92 Å². The molecule has 0 radical (unpaired) electrons. The fraction of sp³-hybridized carbons (Fsp3) is 0.500. The molecule has 1 aromatic carbocycles. The lowest BCUT2D eigenvalue weighted by molar-refractivity contribution is -0.0722. The van der Waals surface area contributed by atoms with Crippen LogP contribution >= 0.6 is 22.6 Å². The van der Waals surface area contributed by atoms with Gasteiger partial charge in [-0.05, 0) is 74.0 Å². The first-order chi connectivity index (χ1) is 8.81. The number of hydroxylamine groups is 2.